The number of hydrogen-bond acceptors (Lipinski definition) is 3. The van der Waals surface area contributed by atoms with Crippen molar-refractivity contribution in [1.29, 1.82) is 0 Å². The van der Waals surface area contributed by atoms with E-state index in [1.54, 1.807) is 18.2 Å². The normalized spacial score (nSPS) is 9.57. The number of phenolic OH excluding ortho intramolecular Hbond substituents is 1. The third-order valence-electron chi connectivity index (χ3n) is 2.87. The number of carbonyl (C=O) groups excluding carboxylic acids is 1. The van der Waals surface area contributed by atoms with Gasteiger partial charge in [0.1, 0.15) is 12.4 Å². The number of benzene rings is 2. The molecule has 0 radical (unpaired) electrons. The number of amides is 1. The Kier molecular flexibility index (Phi) is 4.97. The first-order chi connectivity index (χ1) is 10.2. The van der Waals surface area contributed by atoms with Crippen molar-refractivity contribution in [2.75, 3.05) is 6.61 Å². The Bertz CT molecular complexity index is 681. The lowest BCUT2D eigenvalue weighted by molar-refractivity contribution is 0.0948. The van der Waals surface area contributed by atoms with Crippen LogP contribution in [0.1, 0.15) is 21.5 Å². The van der Waals surface area contributed by atoms with E-state index in [9.17, 15) is 9.90 Å². The van der Waals surface area contributed by atoms with E-state index < -0.39 is 0 Å². The SMILES string of the molecule is O=C(NCc1ccc(C#CCO)cc1)c1ccccc1O. The van der Waals surface area contributed by atoms with Gasteiger partial charge in [-0.15, -0.1) is 0 Å². The molecule has 0 atom stereocenters. The lowest BCUT2D eigenvalue weighted by atomic mass is 10.1. The monoisotopic (exact) mass is 281 g/mol. The maximum absolute atomic E-state index is 11.9. The van der Waals surface area contributed by atoms with Gasteiger partial charge in [-0.05, 0) is 29.8 Å². The predicted molar refractivity (Wildman–Crippen MR) is 79.7 cm³/mol. The molecular weight excluding hydrogens is 266 g/mol. The second-order valence-electron chi connectivity index (χ2n) is 4.36. The Morgan fingerprint density at radius 1 is 1.10 bits per heavy atom. The van der Waals surface area contributed by atoms with Crippen molar-refractivity contribution in [3.05, 3.63) is 65.2 Å². The predicted octanol–water partition coefficient (Wildman–Crippen LogP) is 1.67. The van der Waals surface area contributed by atoms with Crippen LogP contribution in [0.15, 0.2) is 48.5 Å². The number of aromatic hydroxyl groups is 1. The first-order valence-electron chi connectivity index (χ1n) is 6.45. The summed E-state index contributed by atoms with van der Waals surface area (Å²) in [7, 11) is 0. The molecule has 0 aliphatic carbocycles. The van der Waals surface area contributed by atoms with Crippen molar-refractivity contribution >= 4 is 5.91 Å². The highest BCUT2D eigenvalue weighted by Crippen LogP contribution is 2.15. The summed E-state index contributed by atoms with van der Waals surface area (Å²) in [6, 6.07) is 13.8. The minimum Gasteiger partial charge on any atom is -0.507 e. The van der Waals surface area contributed by atoms with Gasteiger partial charge in [-0.25, -0.2) is 0 Å². The van der Waals surface area contributed by atoms with Gasteiger partial charge < -0.3 is 15.5 Å². The van der Waals surface area contributed by atoms with Crippen molar-refractivity contribution in [2.24, 2.45) is 0 Å². The Hall–Kier alpha value is -2.77. The fourth-order valence-corrected chi connectivity index (χ4v) is 1.79. The molecule has 106 valence electrons. The van der Waals surface area contributed by atoms with Crippen LogP contribution in [0.5, 0.6) is 5.75 Å². The molecule has 1 amide bonds. The molecule has 0 heterocycles. The molecule has 0 saturated carbocycles. The molecule has 0 aromatic heterocycles. The maximum atomic E-state index is 11.9. The zero-order chi connectivity index (χ0) is 15.1. The summed E-state index contributed by atoms with van der Waals surface area (Å²) in [6.45, 7) is 0.194. The molecule has 0 fully saturated rings. The lowest BCUT2D eigenvalue weighted by Gasteiger charge is -2.07. The molecule has 4 heteroatoms. The number of aliphatic hydroxyl groups excluding tert-OH is 1. The Balaban J connectivity index is 1.97. The highest BCUT2D eigenvalue weighted by Gasteiger charge is 2.09. The van der Waals surface area contributed by atoms with Crippen LogP contribution in [0.3, 0.4) is 0 Å². The third-order valence-corrected chi connectivity index (χ3v) is 2.87. The number of rotatable bonds is 3. The van der Waals surface area contributed by atoms with Crippen LogP contribution in [0.2, 0.25) is 0 Å². The average molecular weight is 281 g/mol. The third kappa shape index (κ3) is 4.10. The van der Waals surface area contributed by atoms with Gasteiger partial charge in [0.2, 0.25) is 0 Å². The molecule has 0 saturated heterocycles. The fourth-order valence-electron chi connectivity index (χ4n) is 1.79. The van der Waals surface area contributed by atoms with E-state index >= 15 is 0 Å². The summed E-state index contributed by atoms with van der Waals surface area (Å²) < 4.78 is 0. The number of aliphatic hydroxyl groups is 1. The van der Waals surface area contributed by atoms with Crippen LogP contribution in [0.4, 0.5) is 0 Å². The van der Waals surface area contributed by atoms with Crippen molar-refractivity contribution < 1.29 is 15.0 Å². The van der Waals surface area contributed by atoms with E-state index in [1.165, 1.54) is 6.07 Å². The zero-order valence-corrected chi connectivity index (χ0v) is 11.3. The van der Waals surface area contributed by atoms with E-state index in [2.05, 4.69) is 17.2 Å². The maximum Gasteiger partial charge on any atom is 0.255 e. The number of carbonyl (C=O) groups is 1. The largest absolute Gasteiger partial charge is 0.507 e. The van der Waals surface area contributed by atoms with Crippen LogP contribution >= 0.6 is 0 Å². The van der Waals surface area contributed by atoms with Gasteiger partial charge in [-0.1, -0.05) is 36.1 Å². The van der Waals surface area contributed by atoms with E-state index in [0.717, 1.165) is 11.1 Å². The van der Waals surface area contributed by atoms with E-state index in [4.69, 9.17) is 5.11 Å². The van der Waals surface area contributed by atoms with Gasteiger partial charge in [0.05, 0.1) is 5.56 Å². The summed E-state index contributed by atoms with van der Waals surface area (Å²) in [5, 5.41) is 21.0. The van der Waals surface area contributed by atoms with Crippen LogP contribution in [0.25, 0.3) is 0 Å². The molecule has 0 spiro atoms. The van der Waals surface area contributed by atoms with Gasteiger partial charge in [0, 0.05) is 12.1 Å². The molecule has 0 aliphatic heterocycles. The average Bonchev–Trinajstić information content (AvgIpc) is 2.52. The highest BCUT2D eigenvalue weighted by atomic mass is 16.3. The summed E-state index contributed by atoms with van der Waals surface area (Å²) in [4.78, 5) is 11.9. The van der Waals surface area contributed by atoms with E-state index in [-0.39, 0.29) is 23.8 Å². The number of nitrogens with one attached hydrogen (secondary N) is 1. The summed E-state index contributed by atoms with van der Waals surface area (Å²) in [6.07, 6.45) is 0. The van der Waals surface area contributed by atoms with Gasteiger partial charge >= 0.3 is 0 Å². The van der Waals surface area contributed by atoms with Crippen LogP contribution < -0.4 is 5.32 Å². The smallest absolute Gasteiger partial charge is 0.255 e. The van der Waals surface area contributed by atoms with Crippen molar-refractivity contribution in [2.45, 2.75) is 6.54 Å². The van der Waals surface area contributed by atoms with Crippen molar-refractivity contribution in [1.82, 2.24) is 5.32 Å². The van der Waals surface area contributed by atoms with Crippen molar-refractivity contribution in [3.8, 4) is 17.6 Å². The first-order valence-corrected chi connectivity index (χ1v) is 6.45. The second kappa shape index (κ2) is 7.13. The lowest BCUT2D eigenvalue weighted by Crippen LogP contribution is -2.22. The van der Waals surface area contributed by atoms with Gasteiger partial charge in [-0.3, -0.25) is 4.79 Å². The molecule has 2 rings (SSSR count). The summed E-state index contributed by atoms with van der Waals surface area (Å²) in [5.74, 6) is 5.01. The number of para-hydroxylation sites is 1. The second-order valence-corrected chi connectivity index (χ2v) is 4.36. The topological polar surface area (TPSA) is 69.6 Å². The highest BCUT2D eigenvalue weighted by molar-refractivity contribution is 5.96. The Morgan fingerprint density at radius 2 is 1.81 bits per heavy atom. The van der Waals surface area contributed by atoms with E-state index in [1.807, 2.05) is 24.3 Å². The molecular formula is C17H15NO3. The minimum atomic E-state index is -0.322. The molecule has 0 aliphatic rings. The number of phenols is 1. The Labute approximate surface area is 123 Å². The summed E-state index contributed by atoms with van der Waals surface area (Å²) >= 11 is 0. The fraction of sp³-hybridized carbons (Fsp3) is 0.118. The van der Waals surface area contributed by atoms with Crippen LogP contribution in [-0.2, 0) is 6.54 Å². The van der Waals surface area contributed by atoms with Gasteiger partial charge in [0.15, 0.2) is 0 Å². The molecule has 2 aromatic carbocycles. The molecule has 0 bridgehead atoms. The van der Waals surface area contributed by atoms with E-state index in [0.29, 0.717) is 6.54 Å². The molecule has 0 unspecified atom stereocenters. The van der Waals surface area contributed by atoms with Crippen LogP contribution in [-0.4, -0.2) is 22.7 Å². The van der Waals surface area contributed by atoms with Crippen molar-refractivity contribution in [3.63, 3.8) is 0 Å². The first kappa shape index (κ1) is 14.6. The molecule has 3 N–H and O–H groups in total. The summed E-state index contributed by atoms with van der Waals surface area (Å²) in [5.41, 5.74) is 1.98. The van der Waals surface area contributed by atoms with Gasteiger partial charge in [0.25, 0.3) is 5.91 Å². The Morgan fingerprint density at radius 3 is 2.48 bits per heavy atom. The van der Waals surface area contributed by atoms with Gasteiger partial charge in [-0.2, -0.15) is 0 Å². The zero-order valence-electron chi connectivity index (χ0n) is 11.3. The molecule has 4 nitrogen and oxygen atoms in total. The quantitative estimate of drug-likeness (QED) is 0.749. The number of hydrogen-bond donors (Lipinski definition) is 3. The molecule has 21 heavy (non-hydrogen) atoms. The standard InChI is InChI=1S/C17H15NO3/c19-11-3-4-13-7-9-14(10-8-13)12-18-17(21)15-5-1-2-6-16(15)20/h1-2,5-10,19-20H,11-12H2,(H,18,21). The van der Waals surface area contributed by atoms with Crippen LogP contribution in [0, 0.1) is 11.8 Å². The minimum absolute atomic E-state index is 0.0374. The molecule has 2 aromatic rings.